The van der Waals surface area contributed by atoms with Gasteiger partial charge >= 0.3 is 5.82 Å². The minimum Gasteiger partial charge on any atom is -0.358 e. The fraction of sp³-hybridized carbons (Fsp3) is 0.692. The molecular formula is C13H19ClN4O3. The van der Waals surface area contributed by atoms with E-state index in [9.17, 15) is 14.9 Å². The van der Waals surface area contributed by atoms with Crippen LogP contribution >= 0.6 is 11.6 Å². The van der Waals surface area contributed by atoms with Crippen molar-refractivity contribution < 1.29 is 9.72 Å². The first-order valence-corrected chi connectivity index (χ1v) is 7.53. The molecule has 2 rings (SSSR count). The van der Waals surface area contributed by atoms with Crippen molar-refractivity contribution in [2.24, 2.45) is 0 Å². The topological polar surface area (TPSA) is 90.1 Å². The number of carbonyl (C=O) groups is 1. The maximum Gasteiger partial charge on any atom is 0.408 e. The van der Waals surface area contributed by atoms with Crippen LogP contribution in [0.5, 0.6) is 0 Å². The monoisotopic (exact) mass is 314 g/mol. The van der Waals surface area contributed by atoms with E-state index in [0.717, 1.165) is 25.7 Å². The minimum absolute atomic E-state index is 0.0118. The Morgan fingerprint density at radius 2 is 2.05 bits per heavy atom. The normalized spacial score (nSPS) is 16.5. The van der Waals surface area contributed by atoms with Gasteiger partial charge in [-0.15, -0.1) is 0 Å². The Balaban J connectivity index is 1.99. The molecule has 1 aliphatic carbocycles. The summed E-state index contributed by atoms with van der Waals surface area (Å²) in [5, 5.41) is 17.5. The molecule has 1 N–H and O–H groups in total. The Bertz CT molecular complexity index is 536. The molecule has 1 aliphatic rings. The lowest BCUT2D eigenvalue weighted by Crippen LogP contribution is -2.37. The van der Waals surface area contributed by atoms with E-state index in [4.69, 9.17) is 11.6 Å². The van der Waals surface area contributed by atoms with E-state index in [0.29, 0.717) is 5.69 Å². The zero-order valence-electron chi connectivity index (χ0n) is 12.0. The summed E-state index contributed by atoms with van der Waals surface area (Å²) >= 11 is 5.85. The second kappa shape index (κ2) is 6.89. The number of carbonyl (C=O) groups excluding carboxylic acids is 1. The van der Waals surface area contributed by atoms with Crippen LogP contribution in [0.2, 0.25) is 5.02 Å². The number of nitrogens with zero attached hydrogens (tertiary/aromatic N) is 3. The number of nitrogens with one attached hydrogen (secondary N) is 1. The molecule has 21 heavy (non-hydrogen) atoms. The average molecular weight is 315 g/mol. The third kappa shape index (κ3) is 3.93. The molecule has 0 atom stereocenters. The Morgan fingerprint density at radius 1 is 1.43 bits per heavy atom. The van der Waals surface area contributed by atoms with Gasteiger partial charge in [0.05, 0.1) is 10.8 Å². The standard InChI is InChI=1S/C13H19ClN4O3/c1-9-12(14)13(18(20)21)16-17(9)8-11(19)15-10-6-4-2-3-5-7-10/h10H,2-8H2,1H3,(H,15,19). The highest BCUT2D eigenvalue weighted by Gasteiger charge is 2.25. The van der Waals surface area contributed by atoms with Crippen LogP contribution in [0.3, 0.4) is 0 Å². The van der Waals surface area contributed by atoms with Gasteiger partial charge in [-0.1, -0.05) is 37.3 Å². The maximum atomic E-state index is 12.1. The molecule has 0 bridgehead atoms. The molecule has 0 saturated heterocycles. The lowest BCUT2D eigenvalue weighted by molar-refractivity contribution is -0.389. The van der Waals surface area contributed by atoms with Gasteiger partial charge in [-0.2, -0.15) is 4.68 Å². The largest absolute Gasteiger partial charge is 0.408 e. The third-order valence-electron chi connectivity index (χ3n) is 3.80. The fourth-order valence-electron chi connectivity index (χ4n) is 2.61. The van der Waals surface area contributed by atoms with Crippen LogP contribution in [0, 0.1) is 17.0 Å². The van der Waals surface area contributed by atoms with E-state index in [1.165, 1.54) is 17.5 Å². The molecule has 1 aromatic rings. The fourth-order valence-corrected chi connectivity index (χ4v) is 2.82. The SMILES string of the molecule is Cc1c(Cl)c([N+](=O)[O-])nn1CC(=O)NC1CCCCCC1. The Hall–Kier alpha value is -1.63. The summed E-state index contributed by atoms with van der Waals surface area (Å²) in [4.78, 5) is 22.2. The van der Waals surface area contributed by atoms with Crippen LogP contribution in [-0.2, 0) is 11.3 Å². The number of nitro groups is 1. The molecule has 1 amide bonds. The van der Waals surface area contributed by atoms with Crippen LogP contribution in [0.4, 0.5) is 5.82 Å². The van der Waals surface area contributed by atoms with Gasteiger partial charge in [0.1, 0.15) is 6.54 Å². The molecule has 116 valence electrons. The number of aromatic nitrogens is 2. The van der Waals surface area contributed by atoms with E-state index in [2.05, 4.69) is 10.4 Å². The van der Waals surface area contributed by atoms with Crippen molar-refractivity contribution in [2.45, 2.75) is 58.0 Å². The molecule has 1 heterocycles. The Kier molecular flexibility index (Phi) is 5.17. The summed E-state index contributed by atoms with van der Waals surface area (Å²) in [5.74, 6) is -0.588. The quantitative estimate of drug-likeness (QED) is 0.525. The first-order chi connectivity index (χ1) is 9.99. The van der Waals surface area contributed by atoms with Gasteiger partial charge in [-0.25, -0.2) is 0 Å². The molecule has 1 fully saturated rings. The lowest BCUT2D eigenvalue weighted by Gasteiger charge is -2.15. The molecule has 0 aliphatic heterocycles. The van der Waals surface area contributed by atoms with Crippen LogP contribution in [-0.4, -0.2) is 26.7 Å². The number of hydrogen-bond donors (Lipinski definition) is 1. The van der Waals surface area contributed by atoms with Crippen LogP contribution in [0.25, 0.3) is 0 Å². The molecule has 8 heteroatoms. The summed E-state index contributed by atoms with van der Waals surface area (Å²) in [6.07, 6.45) is 6.67. The first kappa shape index (κ1) is 15.8. The molecule has 1 saturated carbocycles. The lowest BCUT2D eigenvalue weighted by atomic mass is 10.1. The van der Waals surface area contributed by atoms with E-state index >= 15 is 0 Å². The van der Waals surface area contributed by atoms with Crippen molar-refractivity contribution in [2.75, 3.05) is 0 Å². The number of amides is 1. The summed E-state index contributed by atoms with van der Waals surface area (Å²) in [6, 6.07) is 0.196. The van der Waals surface area contributed by atoms with Gasteiger partial charge in [-0.05, 0) is 24.7 Å². The molecule has 0 unspecified atom stereocenters. The first-order valence-electron chi connectivity index (χ1n) is 7.15. The number of hydrogen-bond acceptors (Lipinski definition) is 4. The van der Waals surface area contributed by atoms with Crippen molar-refractivity contribution in [3.8, 4) is 0 Å². The minimum atomic E-state index is -0.644. The highest BCUT2D eigenvalue weighted by molar-refractivity contribution is 6.33. The third-order valence-corrected chi connectivity index (χ3v) is 4.25. The molecule has 7 nitrogen and oxygen atoms in total. The maximum absolute atomic E-state index is 12.1. The van der Waals surface area contributed by atoms with Crippen molar-refractivity contribution in [1.82, 2.24) is 15.1 Å². The summed E-state index contributed by atoms with van der Waals surface area (Å²) in [5.41, 5.74) is 0.430. The van der Waals surface area contributed by atoms with Gasteiger partial charge in [0.15, 0.2) is 5.02 Å². The van der Waals surface area contributed by atoms with Gasteiger partial charge in [0.25, 0.3) is 0 Å². The molecular weight excluding hydrogens is 296 g/mol. The van der Waals surface area contributed by atoms with Gasteiger partial charge in [0, 0.05) is 6.04 Å². The second-order valence-electron chi connectivity index (χ2n) is 5.39. The highest BCUT2D eigenvalue weighted by Crippen LogP contribution is 2.26. The molecule has 0 aromatic carbocycles. The smallest absolute Gasteiger partial charge is 0.358 e. The Morgan fingerprint density at radius 3 is 2.57 bits per heavy atom. The number of rotatable bonds is 4. The van der Waals surface area contributed by atoms with E-state index in [1.54, 1.807) is 6.92 Å². The summed E-state index contributed by atoms with van der Waals surface area (Å²) in [7, 11) is 0. The molecule has 0 radical (unpaired) electrons. The summed E-state index contributed by atoms with van der Waals surface area (Å²) in [6.45, 7) is 1.57. The predicted octanol–water partition coefficient (Wildman–Crippen LogP) is 2.59. The van der Waals surface area contributed by atoms with E-state index in [-0.39, 0.29) is 23.5 Å². The molecule has 1 aromatic heterocycles. The Labute approximate surface area is 127 Å². The van der Waals surface area contributed by atoms with Crippen molar-refractivity contribution in [3.63, 3.8) is 0 Å². The van der Waals surface area contributed by atoms with Gasteiger partial charge in [0.2, 0.25) is 5.91 Å². The van der Waals surface area contributed by atoms with Gasteiger partial charge < -0.3 is 15.4 Å². The van der Waals surface area contributed by atoms with Crippen molar-refractivity contribution >= 4 is 23.3 Å². The van der Waals surface area contributed by atoms with Crippen LogP contribution < -0.4 is 5.32 Å². The zero-order chi connectivity index (χ0) is 15.4. The predicted molar refractivity (Wildman–Crippen MR) is 78.3 cm³/mol. The van der Waals surface area contributed by atoms with E-state index in [1.807, 2.05) is 0 Å². The van der Waals surface area contributed by atoms with Crippen LogP contribution in [0.15, 0.2) is 0 Å². The average Bonchev–Trinajstić information content (AvgIpc) is 2.62. The number of halogens is 1. The molecule has 0 spiro atoms. The zero-order valence-corrected chi connectivity index (χ0v) is 12.7. The van der Waals surface area contributed by atoms with Crippen molar-refractivity contribution in [3.05, 3.63) is 20.8 Å². The highest BCUT2D eigenvalue weighted by atomic mass is 35.5. The second-order valence-corrected chi connectivity index (χ2v) is 5.77. The van der Waals surface area contributed by atoms with Gasteiger partial charge in [-0.3, -0.25) is 4.79 Å². The van der Waals surface area contributed by atoms with Crippen molar-refractivity contribution in [1.29, 1.82) is 0 Å². The van der Waals surface area contributed by atoms with E-state index < -0.39 is 10.7 Å². The summed E-state index contributed by atoms with van der Waals surface area (Å²) < 4.78 is 1.28. The van der Waals surface area contributed by atoms with Crippen LogP contribution in [0.1, 0.15) is 44.2 Å².